The molecule has 0 saturated heterocycles. The number of anilines is 2. The molecule has 1 amide bonds. The zero-order valence-corrected chi connectivity index (χ0v) is 14.9. The van der Waals surface area contributed by atoms with E-state index in [-0.39, 0.29) is 12.1 Å². The minimum absolute atomic E-state index is 0.0319. The van der Waals surface area contributed by atoms with E-state index in [2.05, 4.69) is 48.4 Å². The number of amides is 1. The first-order valence-corrected chi connectivity index (χ1v) is 8.85. The summed E-state index contributed by atoms with van der Waals surface area (Å²) in [5.41, 5.74) is 4.51. The van der Waals surface area contributed by atoms with Gasteiger partial charge in [-0.1, -0.05) is 44.2 Å². The van der Waals surface area contributed by atoms with Crippen LogP contribution in [-0.4, -0.2) is 10.9 Å². The molecule has 0 spiro atoms. The highest BCUT2D eigenvalue weighted by Gasteiger charge is 2.38. The number of pyridine rings is 1. The number of benzene rings is 2. The lowest BCUT2D eigenvalue weighted by atomic mass is 10.0. The van der Waals surface area contributed by atoms with Crippen LogP contribution >= 0.6 is 0 Å². The summed E-state index contributed by atoms with van der Waals surface area (Å²) in [6.45, 7) is 4.35. The van der Waals surface area contributed by atoms with Crippen LogP contribution in [0.15, 0.2) is 72.9 Å². The Morgan fingerprint density at radius 2 is 1.69 bits per heavy atom. The molecule has 130 valence electrons. The molecule has 0 aliphatic carbocycles. The molecule has 0 fully saturated rings. The first kappa shape index (κ1) is 16.3. The molecule has 4 rings (SSSR count). The average Bonchev–Trinajstić information content (AvgIpc) is 2.95. The summed E-state index contributed by atoms with van der Waals surface area (Å²) in [7, 11) is 0. The second-order valence-electron chi connectivity index (χ2n) is 6.77. The maximum absolute atomic E-state index is 13.0. The number of carbonyl (C=O) groups excluding carboxylic acids is 1. The highest BCUT2D eigenvalue weighted by molar-refractivity contribution is 6.11. The predicted octanol–water partition coefficient (Wildman–Crippen LogP) is 4.98. The Balaban J connectivity index is 1.72. The van der Waals surface area contributed by atoms with Crippen molar-refractivity contribution in [3.8, 4) is 0 Å². The molecule has 1 aliphatic heterocycles. The summed E-state index contributed by atoms with van der Waals surface area (Å²) in [4.78, 5) is 19.2. The van der Waals surface area contributed by atoms with Gasteiger partial charge in [-0.05, 0) is 47.9 Å². The van der Waals surface area contributed by atoms with Crippen LogP contribution in [0.5, 0.6) is 0 Å². The summed E-state index contributed by atoms with van der Waals surface area (Å²) < 4.78 is 0. The summed E-state index contributed by atoms with van der Waals surface area (Å²) in [6, 6.07) is 21.7. The van der Waals surface area contributed by atoms with Crippen molar-refractivity contribution in [3.63, 3.8) is 0 Å². The standard InChI is InChI=1S/C22H21N3O/c1-15(2)16-10-12-17(13-11-16)24-21-20-19(9-6-14-23-20)22(26)25(21)18-7-4-3-5-8-18/h3-15,21,24H,1-2H3. The van der Waals surface area contributed by atoms with Gasteiger partial charge in [-0.15, -0.1) is 0 Å². The molecule has 1 atom stereocenters. The molecule has 0 bridgehead atoms. The fraction of sp³-hybridized carbons (Fsp3) is 0.182. The summed E-state index contributed by atoms with van der Waals surface area (Å²) in [6.07, 6.45) is 1.41. The molecule has 1 N–H and O–H groups in total. The van der Waals surface area contributed by atoms with E-state index in [9.17, 15) is 4.79 Å². The maximum atomic E-state index is 13.0. The maximum Gasteiger partial charge on any atom is 0.262 e. The van der Waals surface area contributed by atoms with Gasteiger partial charge in [0.25, 0.3) is 5.91 Å². The highest BCUT2D eigenvalue weighted by Crippen LogP contribution is 2.36. The van der Waals surface area contributed by atoms with Gasteiger partial charge in [-0.25, -0.2) is 0 Å². The SMILES string of the molecule is CC(C)c1ccc(NC2c3ncccc3C(=O)N2c2ccccc2)cc1. The van der Waals surface area contributed by atoms with Crippen molar-refractivity contribution in [2.24, 2.45) is 0 Å². The molecule has 3 aromatic rings. The van der Waals surface area contributed by atoms with Crippen molar-refractivity contribution in [1.29, 1.82) is 0 Å². The Morgan fingerprint density at radius 1 is 0.962 bits per heavy atom. The van der Waals surface area contributed by atoms with E-state index in [4.69, 9.17) is 0 Å². The molecular weight excluding hydrogens is 322 g/mol. The summed E-state index contributed by atoms with van der Waals surface area (Å²) >= 11 is 0. The van der Waals surface area contributed by atoms with Crippen molar-refractivity contribution in [1.82, 2.24) is 4.98 Å². The van der Waals surface area contributed by atoms with Gasteiger partial charge >= 0.3 is 0 Å². The van der Waals surface area contributed by atoms with E-state index < -0.39 is 0 Å². The number of nitrogens with zero attached hydrogens (tertiary/aromatic N) is 2. The van der Waals surface area contributed by atoms with Crippen molar-refractivity contribution < 1.29 is 4.79 Å². The minimum atomic E-state index is -0.328. The molecule has 26 heavy (non-hydrogen) atoms. The number of nitrogens with one attached hydrogen (secondary N) is 1. The molecule has 1 aromatic heterocycles. The third-order valence-corrected chi connectivity index (χ3v) is 4.72. The first-order valence-electron chi connectivity index (χ1n) is 8.85. The van der Waals surface area contributed by atoms with Crippen LogP contribution in [0.3, 0.4) is 0 Å². The van der Waals surface area contributed by atoms with Crippen molar-refractivity contribution in [2.75, 3.05) is 10.2 Å². The van der Waals surface area contributed by atoms with Crippen LogP contribution in [-0.2, 0) is 0 Å². The van der Waals surface area contributed by atoms with E-state index in [0.717, 1.165) is 17.1 Å². The lowest BCUT2D eigenvalue weighted by molar-refractivity contribution is 0.0993. The smallest absolute Gasteiger partial charge is 0.262 e. The fourth-order valence-corrected chi connectivity index (χ4v) is 3.30. The van der Waals surface area contributed by atoms with Gasteiger partial charge in [0, 0.05) is 17.6 Å². The third-order valence-electron chi connectivity index (χ3n) is 4.72. The second-order valence-corrected chi connectivity index (χ2v) is 6.77. The largest absolute Gasteiger partial charge is 0.360 e. The van der Waals surface area contributed by atoms with Crippen LogP contribution in [0.4, 0.5) is 11.4 Å². The van der Waals surface area contributed by atoms with Crippen molar-refractivity contribution in [3.05, 3.63) is 89.7 Å². The molecule has 1 unspecified atom stereocenters. The zero-order chi connectivity index (χ0) is 18.1. The van der Waals surface area contributed by atoms with Gasteiger partial charge in [0.05, 0.1) is 11.3 Å². The van der Waals surface area contributed by atoms with Crippen molar-refractivity contribution >= 4 is 17.3 Å². The normalized spacial score (nSPS) is 16.0. The number of rotatable bonds is 4. The molecule has 1 aliphatic rings. The molecular formula is C22H21N3O. The van der Waals surface area contributed by atoms with Gasteiger partial charge in [-0.3, -0.25) is 14.7 Å². The van der Waals surface area contributed by atoms with Gasteiger partial charge in [0.2, 0.25) is 0 Å². The average molecular weight is 343 g/mol. The van der Waals surface area contributed by atoms with Gasteiger partial charge < -0.3 is 5.32 Å². The fourth-order valence-electron chi connectivity index (χ4n) is 3.30. The van der Waals surface area contributed by atoms with Crippen molar-refractivity contribution in [2.45, 2.75) is 25.9 Å². The lowest BCUT2D eigenvalue weighted by Crippen LogP contribution is -2.32. The molecule has 0 saturated carbocycles. The lowest BCUT2D eigenvalue weighted by Gasteiger charge is -2.26. The minimum Gasteiger partial charge on any atom is -0.360 e. The van der Waals surface area contributed by atoms with E-state index in [1.54, 1.807) is 17.2 Å². The number of aromatic nitrogens is 1. The Kier molecular flexibility index (Phi) is 4.17. The van der Waals surface area contributed by atoms with Gasteiger partial charge in [0.1, 0.15) is 0 Å². The second kappa shape index (κ2) is 6.64. The highest BCUT2D eigenvalue weighted by atomic mass is 16.2. The van der Waals surface area contributed by atoms with E-state index in [1.807, 2.05) is 36.4 Å². The monoisotopic (exact) mass is 343 g/mol. The molecule has 2 heterocycles. The molecule has 0 radical (unpaired) electrons. The quantitative estimate of drug-likeness (QED) is 0.727. The number of carbonyl (C=O) groups is 1. The Labute approximate surface area is 153 Å². The van der Waals surface area contributed by atoms with Crippen LogP contribution in [0.25, 0.3) is 0 Å². The molecule has 4 nitrogen and oxygen atoms in total. The van der Waals surface area contributed by atoms with E-state index in [1.165, 1.54) is 5.56 Å². The first-order chi connectivity index (χ1) is 12.6. The van der Waals surface area contributed by atoms with Crippen LogP contribution in [0.1, 0.15) is 47.5 Å². The Hall–Kier alpha value is -3.14. The Morgan fingerprint density at radius 3 is 2.38 bits per heavy atom. The van der Waals surface area contributed by atoms with E-state index >= 15 is 0 Å². The number of hydrogen-bond acceptors (Lipinski definition) is 3. The summed E-state index contributed by atoms with van der Waals surface area (Å²) in [5, 5.41) is 3.48. The zero-order valence-electron chi connectivity index (χ0n) is 14.9. The molecule has 4 heteroatoms. The van der Waals surface area contributed by atoms with E-state index in [0.29, 0.717) is 11.5 Å². The number of fused-ring (bicyclic) bond motifs is 1. The number of para-hydroxylation sites is 1. The topological polar surface area (TPSA) is 45.2 Å². The third kappa shape index (κ3) is 2.84. The summed E-state index contributed by atoms with van der Waals surface area (Å²) in [5.74, 6) is 0.455. The molecule has 2 aromatic carbocycles. The number of hydrogen-bond donors (Lipinski definition) is 1. The van der Waals surface area contributed by atoms with Crippen LogP contribution in [0.2, 0.25) is 0 Å². The van der Waals surface area contributed by atoms with Crippen LogP contribution < -0.4 is 10.2 Å². The van der Waals surface area contributed by atoms with Gasteiger partial charge in [0.15, 0.2) is 6.17 Å². The van der Waals surface area contributed by atoms with Crippen LogP contribution in [0, 0.1) is 0 Å². The predicted molar refractivity (Wildman–Crippen MR) is 104 cm³/mol. The van der Waals surface area contributed by atoms with Gasteiger partial charge in [-0.2, -0.15) is 0 Å². The Bertz CT molecular complexity index is 920.